The van der Waals surface area contributed by atoms with Crippen molar-refractivity contribution in [3.63, 3.8) is 0 Å². The lowest BCUT2D eigenvalue weighted by Crippen LogP contribution is -3.00. The first-order valence-electron chi connectivity index (χ1n) is 21.7. The quantitative estimate of drug-likeness (QED) is 0.128. The second-order valence-corrected chi connectivity index (χ2v) is 17.9. The summed E-state index contributed by atoms with van der Waals surface area (Å²) in [5, 5.41) is 2.31. The monoisotopic (exact) mass is 940 g/mol. The van der Waals surface area contributed by atoms with Crippen molar-refractivity contribution in [2.75, 3.05) is 33.2 Å². The molecular weight excluding hydrogens is 878 g/mol. The molecule has 2 fully saturated rings. The Balaban J connectivity index is 0.000000182. The molecule has 62 heavy (non-hydrogen) atoms. The highest BCUT2D eigenvalue weighted by molar-refractivity contribution is 5.87. The number of nitrogens with zero attached hydrogens (tertiary/aromatic N) is 4. The highest BCUT2D eigenvalue weighted by atomic mass is 127. The molecule has 0 radical (unpaired) electrons. The van der Waals surface area contributed by atoms with E-state index in [1.807, 2.05) is 80.6 Å². The van der Waals surface area contributed by atoms with Gasteiger partial charge in [0.1, 0.15) is 18.1 Å². The molecule has 7 aromatic rings. The third kappa shape index (κ3) is 11.5. The maximum absolute atomic E-state index is 11.7. The van der Waals surface area contributed by atoms with Crippen LogP contribution < -0.4 is 29.7 Å². The lowest BCUT2D eigenvalue weighted by atomic mass is 9.86. The number of pyridine rings is 2. The van der Waals surface area contributed by atoms with E-state index >= 15 is 0 Å². The van der Waals surface area contributed by atoms with Gasteiger partial charge in [-0.2, -0.15) is 0 Å². The molecule has 2 aliphatic heterocycles. The van der Waals surface area contributed by atoms with Crippen molar-refractivity contribution in [1.82, 2.24) is 14.9 Å². The summed E-state index contributed by atoms with van der Waals surface area (Å²) in [6, 6.07) is 51.9. The minimum atomic E-state index is -0.397. The van der Waals surface area contributed by atoms with E-state index in [9.17, 15) is 9.59 Å². The number of benzene rings is 5. The van der Waals surface area contributed by atoms with Crippen molar-refractivity contribution in [2.45, 2.75) is 71.0 Å². The molecule has 0 unspecified atom stereocenters. The number of likely N-dealkylation sites (tertiary alicyclic amines) is 2. The Morgan fingerprint density at radius 3 is 1.47 bits per heavy atom. The summed E-state index contributed by atoms with van der Waals surface area (Å²) >= 11 is 0. The van der Waals surface area contributed by atoms with E-state index in [4.69, 9.17) is 15.7 Å². The van der Waals surface area contributed by atoms with Crippen LogP contribution in [0, 0.1) is 0 Å². The van der Waals surface area contributed by atoms with Gasteiger partial charge in [0, 0.05) is 65.9 Å². The van der Waals surface area contributed by atoms with Gasteiger partial charge in [-0.1, -0.05) is 127 Å². The van der Waals surface area contributed by atoms with E-state index in [0.29, 0.717) is 24.4 Å². The molecule has 0 aliphatic carbocycles. The van der Waals surface area contributed by atoms with Gasteiger partial charge in [0.2, 0.25) is 0 Å². The van der Waals surface area contributed by atoms with Crippen molar-refractivity contribution >= 4 is 33.4 Å². The van der Waals surface area contributed by atoms with Gasteiger partial charge >= 0.3 is 0 Å². The van der Waals surface area contributed by atoms with Gasteiger partial charge in [-0.15, -0.1) is 0 Å². The van der Waals surface area contributed by atoms with Crippen molar-refractivity contribution < 1.29 is 39.5 Å². The van der Waals surface area contributed by atoms with Crippen LogP contribution in [-0.2, 0) is 27.2 Å². The van der Waals surface area contributed by atoms with Gasteiger partial charge in [0.25, 0.3) is 0 Å². The Hall–Kier alpha value is -5.13. The minimum Gasteiger partial charge on any atom is -1.00 e. The Labute approximate surface area is 386 Å². The zero-order valence-corrected chi connectivity index (χ0v) is 39.0. The first-order chi connectivity index (χ1) is 29.3. The zero-order chi connectivity index (χ0) is 43.0. The van der Waals surface area contributed by atoms with Crippen LogP contribution in [0.15, 0.2) is 152 Å². The number of aromatic nitrogens is 2. The second-order valence-electron chi connectivity index (χ2n) is 17.9. The molecule has 2 aliphatic rings. The molecule has 7 nitrogen and oxygen atoms in total. The van der Waals surface area contributed by atoms with Gasteiger partial charge in [-0.3, -0.25) is 14.5 Å². The number of hydrogen-bond donors (Lipinski definition) is 1. The molecule has 2 N–H and O–H groups in total. The maximum atomic E-state index is 11.7. The topological polar surface area (TPSA) is 89.2 Å². The summed E-state index contributed by atoms with van der Waals surface area (Å²) in [4.78, 5) is 35.0. The third-order valence-corrected chi connectivity index (χ3v) is 12.3. The van der Waals surface area contributed by atoms with E-state index in [0.717, 1.165) is 94.5 Å². The number of rotatable bonds is 7. The number of piperidine rings is 2. The van der Waals surface area contributed by atoms with Gasteiger partial charge in [0.15, 0.2) is 0 Å². The van der Waals surface area contributed by atoms with Crippen LogP contribution >= 0.6 is 0 Å². The molecule has 322 valence electrons. The van der Waals surface area contributed by atoms with Crippen LogP contribution in [0.1, 0.15) is 71.5 Å². The number of carbonyl (C=O) groups is 2. The van der Waals surface area contributed by atoms with Crippen LogP contribution in [0.4, 0.5) is 0 Å². The van der Waals surface area contributed by atoms with Gasteiger partial charge < -0.3 is 34.2 Å². The molecule has 2 aromatic heterocycles. The SMILES string of the molecule is CC(C)(N)c1cc(-c2ccccc2)nc2ccccc12.CC(C)(c1cc(-c2ccccc2)nc2ccccc12)N1CCC(=O)CC1.C[N+]1(Cc2ccccc2)CCC(=O)CC1.[2HH].[I-]. The molecule has 0 spiro atoms. The second kappa shape index (κ2) is 20.4. The summed E-state index contributed by atoms with van der Waals surface area (Å²) in [5.74, 6) is 0.806. The van der Waals surface area contributed by atoms with Crippen molar-refractivity contribution in [3.05, 3.63) is 168 Å². The van der Waals surface area contributed by atoms with Crippen LogP contribution in [0.25, 0.3) is 44.3 Å². The van der Waals surface area contributed by atoms with E-state index < -0.39 is 5.54 Å². The average Bonchev–Trinajstić information content (AvgIpc) is 3.28. The summed E-state index contributed by atoms with van der Waals surface area (Å²) in [6.45, 7) is 13.3. The average molecular weight is 941 g/mol. The van der Waals surface area contributed by atoms with Crippen LogP contribution in [0.3, 0.4) is 0 Å². The number of Topliss-reactive ketones (excluding diaryl/α,β-unsaturated/α-hetero) is 2. The number of fused-ring (bicyclic) bond motifs is 2. The Bertz CT molecular complexity index is 2580. The molecule has 5 aromatic carbocycles. The van der Waals surface area contributed by atoms with Gasteiger partial charge in [-0.25, -0.2) is 9.97 Å². The number of quaternary nitrogens is 1. The number of carbonyl (C=O) groups excluding carboxylic acids is 2. The molecule has 0 amide bonds. The smallest absolute Gasteiger partial charge is 0.144 e. The molecular formula is C54H62IN5O2. The van der Waals surface area contributed by atoms with E-state index in [1.165, 1.54) is 16.5 Å². The fourth-order valence-electron chi connectivity index (χ4n) is 8.60. The van der Waals surface area contributed by atoms with E-state index in [2.05, 4.69) is 111 Å². The Kier molecular flexibility index (Phi) is 15.2. The molecule has 0 bridgehead atoms. The molecule has 0 atom stereocenters. The van der Waals surface area contributed by atoms with E-state index in [1.54, 1.807) is 0 Å². The summed E-state index contributed by atoms with van der Waals surface area (Å²) in [5.41, 5.74) is 15.8. The zero-order valence-electron chi connectivity index (χ0n) is 36.9. The number of nitrogens with two attached hydrogens (primary N) is 1. The Morgan fingerprint density at radius 1 is 0.581 bits per heavy atom. The van der Waals surface area contributed by atoms with E-state index in [-0.39, 0.29) is 30.9 Å². The highest BCUT2D eigenvalue weighted by Gasteiger charge is 2.33. The molecule has 8 heteroatoms. The highest BCUT2D eigenvalue weighted by Crippen LogP contribution is 2.37. The standard InChI is InChI=1S/C23H24N2O.C18H18N2.C13H18NO.HI.H2/c1-23(2,25-14-12-18(26)13-15-25)20-16-22(17-8-4-3-5-9-17)24-21-11-7-6-10-19(20)21;1-18(2,19)15-12-17(13-8-4-3-5-9-13)20-16-11-7-6-10-14(15)16;1-14(9-7-13(15)8-10-14)11-12-5-3-2-4-6-12;;/h3-11,16H,12-15H2,1-2H3;3-12H,19H2,1-2H3;2-6H,7-11H2,1H3;2*1H/q;;+1;;/p-1/i;;;;1+1. The summed E-state index contributed by atoms with van der Waals surface area (Å²) < 4.78 is 1.01. The van der Waals surface area contributed by atoms with Gasteiger partial charge in [0.05, 0.1) is 55.4 Å². The van der Waals surface area contributed by atoms with Crippen molar-refractivity contribution in [2.24, 2.45) is 5.73 Å². The number of halogens is 1. The first-order valence-corrected chi connectivity index (χ1v) is 21.7. The maximum Gasteiger partial charge on any atom is 0.144 e. The predicted octanol–water partition coefficient (Wildman–Crippen LogP) is 8.14. The molecule has 2 saturated heterocycles. The van der Waals surface area contributed by atoms with Crippen molar-refractivity contribution in [1.29, 1.82) is 0 Å². The third-order valence-electron chi connectivity index (χ3n) is 12.3. The van der Waals surface area contributed by atoms with Gasteiger partial charge in [-0.05, 0) is 63.1 Å². The Morgan fingerprint density at radius 2 is 0.984 bits per heavy atom. The van der Waals surface area contributed by atoms with Crippen molar-refractivity contribution in [3.8, 4) is 22.5 Å². The summed E-state index contributed by atoms with van der Waals surface area (Å²) in [7, 11) is 2.25. The minimum absolute atomic E-state index is 0. The van der Waals surface area contributed by atoms with Crippen LogP contribution in [-0.4, -0.2) is 64.1 Å². The fraction of sp³-hybridized carbons (Fsp3) is 0.296. The largest absolute Gasteiger partial charge is 1.00 e. The first kappa shape index (κ1) is 46.4. The lowest BCUT2D eigenvalue weighted by Gasteiger charge is -2.41. The number of hydrogen-bond acceptors (Lipinski definition) is 6. The number of para-hydroxylation sites is 2. The fourth-order valence-corrected chi connectivity index (χ4v) is 8.60. The van der Waals surface area contributed by atoms with Crippen LogP contribution in [0.5, 0.6) is 0 Å². The molecule has 9 rings (SSSR count). The predicted molar refractivity (Wildman–Crippen MR) is 253 cm³/mol. The number of ketones is 2. The normalized spacial score (nSPS) is 15.5. The molecule has 0 saturated carbocycles. The lowest BCUT2D eigenvalue weighted by molar-refractivity contribution is -0.923. The van der Waals surface area contributed by atoms with Crippen LogP contribution in [0.2, 0.25) is 0 Å². The molecule has 4 heterocycles. The summed E-state index contributed by atoms with van der Waals surface area (Å²) in [6.07, 6.45) is 2.81.